The van der Waals surface area contributed by atoms with Crippen LogP contribution in [0.1, 0.15) is 41.5 Å². The summed E-state index contributed by atoms with van der Waals surface area (Å²) < 4.78 is 73.4. The van der Waals surface area contributed by atoms with Crippen LogP contribution in [-0.4, -0.2) is 53.4 Å². The summed E-state index contributed by atoms with van der Waals surface area (Å²) in [5, 5.41) is 9.42. The van der Waals surface area contributed by atoms with Gasteiger partial charge in [-0.25, -0.2) is 18.6 Å². The number of halogens is 6. The van der Waals surface area contributed by atoms with Gasteiger partial charge in [0.05, 0.1) is 23.7 Å². The number of nitrogens with zero attached hydrogens (tertiary/aromatic N) is 3. The van der Waals surface area contributed by atoms with E-state index in [1.807, 2.05) is 0 Å². The van der Waals surface area contributed by atoms with Gasteiger partial charge in [-0.3, -0.25) is 14.9 Å². The second-order valence-electron chi connectivity index (χ2n) is 9.15. The van der Waals surface area contributed by atoms with Gasteiger partial charge in [-0.15, -0.1) is 5.10 Å². The van der Waals surface area contributed by atoms with E-state index in [9.17, 15) is 31.5 Å². The lowest BCUT2D eigenvalue weighted by Crippen LogP contribution is -2.40. The Labute approximate surface area is 230 Å². The number of methoxy groups -OCH3 is 1. The van der Waals surface area contributed by atoms with Crippen molar-refractivity contribution in [2.24, 2.45) is 10.9 Å². The number of nitrogens with one attached hydrogen (secondary N) is 3. The molecule has 0 aliphatic carbocycles. The molecule has 1 aromatic heterocycles. The molecule has 3 aromatic rings. The summed E-state index contributed by atoms with van der Waals surface area (Å²) in [7, 11) is 1.42. The van der Waals surface area contributed by atoms with Crippen LogP contribution in [0.25, 0.3) is 10.9 Å². The SMILES string of the molecule is COC[C@H](C)N=C(NC(=O)c1ccc(F)c(F)c1)Nc1nn(C(=O)[C@@H](NCl)C(C)C)c2cc(C(F)(F)F)ccc12. The highest BCUT2D eigenvalue weighted by Crippen LogP contribution is 2.33. The third-order valence-electron chi connectivity index (χ3n) is 5.68. The van der Waals surface area contributed by atoms with Crippen LogP contribution in [0, 0.1) is 17.6 Å². The molecule has 0 fully saturated rings. The van der Waals surface area contributed by atoms with Gasteiger partial charge in [-0.2, -0.15) is 17.9 Å². The van der Waals surface area contributed by atoms with Gasteiger partial charge >= 0.3 is 6.18 Å². The molecule has 3 N–H and O–H groups in total. The van der Waals surface area contributed by atoms with Crippen molar-refractivity contribution in [3.8, 4) is 0 Å². The van der Waals surface area contributed by atoms with Crippen molar-refractivity contribution in [1.82, 2.24) is 19.9 Å². The molecule has 0 saturated carbocycles. The van der Waals surface area contributed by atoms with Gasteiger partial charge < -0.3 is 10.1 Å². The van der Waals surface area contributed by atoms with Crippen LogP contribution in [0.15, 0.2) is 41.4 Å². The highest BCUT2D eigenvalue weighted by Gasteiger charge is 2.33. The smallest absolute Gasteiger partial charge is 0.382 e. The van der Waals surface area contributed by atoms with E-state index >= 15 is 0 Å². The fourth-order valence-electron chi connectivity index (χ4n) is 3.66. The van der Waals surface area contributed by atoms with E-state index < -0.39 is 47.3 Å². The average Bonchev–Trinajstić information content (AvgIpc) is 3.23. The Morgan fingerprint density at radius 3 is 2.38 bits per heavy atom. The van der Waals surface area contributed by atoms with Gasteiger partial charge in [0.25, 0.3) is 11.8 Å². The summed E-state index contributed by atoms with van der Waals surface area (Å²) in [6.45, 7) is 5.12. The molecule has 0 aliphatic rings. The number of hydrogen-bond donors (Lipinski definition) is 3. The summed E-state index contributed by atoms with van der Waals surface area (Å²) >= 11 is 5.74. The second kappa shape index (κ2) is 12.7. The third-order valence-corrected chi connectivity index (χ3v) is 5.91. The molecule has 0 unspecified atom stereocenters. The Bertz CT molecular complexity index is 1430. The minimum Gasteiger partial charge on any atom is -0.382 e. The first-order valence-corrected chi connectivity index (χ1v) is 12.2. The van der Waals surface area contributed by atoms with E-state index in [1.165, 1.54) is 7.11 Å². The lowest BCUT2D eigenvalue weighted by atomic mass is 10.0. The van der Waals surface area contributed by atoms with E-state index in [-0.39, 0.29) is 40.8 Å². The molecule has 0 aliphatic heterocycles. The van der Waals surface area contributed by atoms with E-state index in [2.05, 4.69) is 25.6 Å². The number of carbonyl (C=O) groups is 2. The predicted octanol–water partition coefficient (Wildman–Crippen LogP) is 4.97. The monoisotopic (exact) mass is 588 g/mol. The largest absolute Gasteiger partial charge is 0.416 e. The molecule has 2 aromatic carbocycles. The average molecular weight is 589 g/mol. The van der Waals surface area contributed by atoms with Crippen LogP contribution in [0.5, 0.6) is 0 Å². The number of alkyl halides is 3. The van der Waals surface area contributed by atoms with Crippen molar-refractivity contribution in [3.05, 3.63) is 59.2 Å². The number of hydrogen-bond acceptors (Lipinski definition) is 6. The topological polar surface area (TPSA) is 110 Å². The fourth-order valence-corrected chi connectivity index (χ4v) is 4.01. The Hall–Kier alpha value is -3.62. The van der Waals surface area contributed by atoms with E-state index in [4.69, 9.17) is 16.5 Å². The number of ether oxygens (including phenoxy) is 1. The summed E-state index contributed by atoms with van der Waals surface area (Å²) in [4.78, 5) is 32.7. The first-order valence-electron chi connectivity index (χ1n) is 11.9. The summed E-state index contributed by atoms with van der Waals surface area (Å²) in [6.07, 6.45) is -4.71. The van der Waals surface area contributed by atoms with Crippen molar-refractivity contribution in [2.45, 2.75) is 39.0 Å². The molecule has 216 valence electrons. The van der Waals surface area contributed by atoms with Crippen LogP contribution in [0.2, 0.25) is 0 Å². The maximum atomic E-state index is 13.7. The number of carbonyl (C=O) groups excluding carboxylic acids is 2. The first kappa shape index (κ1) is 30.9. The molecular formula is C25H26ClF5N6O3. The maximum Gasteiger partial charge on any atom is 0.416 e. The Balaban J connectivity index is 2.10. The van der Waals surface area contributed by atoms with Gasteiger partial charge in [0.1, 0.15) is 6.04 Å². The van der Waals surface area contributed by atoms with Crippen molar-refractivity contribution in [1.29, 1.82) is 0 Å². The molecule has 0 bridgehead atoms. The second-order valence-corrected chi connectivity index (χ2v) is 9.37. The molecule has 0 spiro atoms. The molecule has 15 heteroatoms. The van der Waals surface area contributed by atoms with Crippen LogP contribution >= 0.6 is 11.8 Å². The molecule has 40 heavy (non-hydrogen) atoms. The predicted molar refractivity (Wildman–Crippen MR) is 139 cm³/mol. The molecule has 0 radical (unpaired) electrons. The highest BCUT2D eigenvalue weighted by molar-refractivity contribution is 6.16. The minimum atomic E-state index is -4.71. The Kier molecular flexibility index (Phi) is 9.82. The van der Waals surface area contributed by atoms with Crippen molar-refractivity contribution in [2.75, 3.05) is 19.0 Å². The summed E-state index contributed by atoms with van der Waals surface area (Å²) in [6, 6.07) is 3.66. The zero-order valence-electron chi connectivity index (χ0n) is 21.7. The highest BCUT2D eigenvalue weighted by atomic mass is 35.5. The fraction of sp³-hybridized carbons (Fsp3) is 0.360. The zero-order valence-corrected chi connectivity index (χ0v) is 22.5. The van der Waals surface area contributed by atoms with Crippen molar-refractivity contribution < 1.29 is 36.3 Å². The quantitative estimate of drug-likeness (QED) is 0.148. The van der Waals surface area contributed by atoms with Crippen molar-refractivity contribution in [3.63, 3.8) is 0 Å². The Morgan fingerprint density at radius 2 is 1.80 bits per heavy atom. The molecule has 1 heterocycles. The summed E-state index contributed by atoms with van der Waals surface area (Å²) in [5.74, 6) is -4.72. The number of aromatic nitrogens is 2. The van der Waals surface area contributed by atoms with E-state index in [0.29, 0.717) is 6.07 Å². The normalized spacial score (nSPS) is 13.9. The Morgan fingerprint density at radius 1 is 1.10 bits per heavy atom. The van der Waals surface area contributed by atoms with Gasteiger partial charge in [-0.1, -0.05) is 13.8 Å². The van der Waals surface area contributed by atoms with Gasteiger partial charge in [-0.05, 0) is 61.0 Å². The third kappa shape index (κ3) is 7.11. The number of guanidine groups is 1. The number of fused-ring (bicyclic) bond motifs is 1. The van der Waals surface area contributed by atoms with Crippen LogP contribution < -0.4 is 15.5 Å². The van der Waals surface area contributed by atoms with E-state index in [0.717, 1.165) is 35.0 Å². The summed E-state index contributed by atoms with van der Waals surface area (Å²) in [5.41, 5.74) is -1.44. The minimum absolute atomic E-state index is 0.0904. The van der Waals surface area contributed by atoms with E-state index in [1.54, 1.807) is 20.8 Å². The van der Waals surface area contributed by atoms with Gasteiger partial charge in [0.15, 0.2) is 17.5 Å². The molecule has 3 rings (SSSR count). The molecule has 2 atom stereocenters. The zero-order chi connectivity index (χ0) is 29.8. The maximum absolute atomic E-state index is 13.7. The molecule has 1 amide bonds. The van der Waals surface area contributed by atoms with Gasteiger partial charge in [0.2, 0.25) is 5.96 Å². The van der Waals surface area contributed by atoms with Crippen LogP contribution in [0.4, 0.5) is 27.8 Å². The molecule has 0 saturated heterocycles. The standard InChI is InChI=1S/C25H26ClF5N6O3/c1-12(2)20(35-26)23(39)37-19-10-15(25(29,30)31)6-7-16(19)21(36-37)33-24(32-13(3)11-40-4)34-22(38)14-5-8-17(27)18(28)9-14/h5-10,12-13,20,35H,11H2,1-4H3,(H2,32,33,34,36,38)/t13-,20-/m0/s1. The van der Waals surface area contributed by atoms with Crippen LogP contribution in [-0.2, 0) is 10.9 Å². The lowest BCUT2D eigenvalue weighted by Gasteiger charge is -2.17. The number of aliphatic imine (C=N–C) groups is 1. The first-order chi connectivity index (χ1) is 18.8. The van der Waals surface area contributed by atoms with Gasteiger partial charge in [0, 0.05) is 18.1 Å². The number of amides is 1. The lowest BCUT2D eigenvalue weighted by molar-refractivity contribution is -0.137. The van der Waals surface area contributed by atoms with Crippen LogP contribution in [0.3, 0.4) is 0 Å². The molecular weight excluding hydrogens is 563 g/mol. The number of benzene rings is 2. The number of rotatable bonds is 8. The molecule has 9 nitrogen and oxygen atoms in total. The van der Waals surface area contributed by atoms with Crippen molar-refractivity contribution >= 4 is 46.3 Å². The number of anilines is 1.